The van der Waals surface area contributed by atoms with Crippen molar-refractivity contribution in [1.29, 1.82) is 0 Å². The SMILES string of the molecule is CCCCCc1cc(O)c(-c2cccc(C)c2)c(O)c1C(=O)NC(C)C. The third-order valence-corrected chi connectivity index (χ3v) is 4.37. The summed E-state index contributed by atoms with van der Waals surface area (Å²) in [5, 5.41) is 24.3. The highest BCUT2D eigenvalue weighted by atomic mass is 16.3. The van der Waals surface area contributed by atoms with E-state index in [0.717, 1.165) is 24.8 Å². The molecule has 0 aliphatic carbocycles. The van der Waals surface area contributed by atoms with Gasteiger partial charge in [-0.1, -0.05) is 49.6 Å². The zero-order valence-corrected chi connectivity index (χ0v) is 16.1. The molecule has 0 atom stereocenters. The summed E-state index contributed by atoms with van der Waals surface area (Å²) in [7, 11) is 0. The van der Waals surface area contributed by atoms with Gasteiger partial charge in [-0.2, -0.15) is 0 Å². The second-order valence-corrected chi connectivity index (χ2v) is 7.11. The summed E-state index contributed by atoms with van der Waals surface area (Å²) in [6.45, 7) is 7.83. The van der Waals surface area contributed by atoms with Crippen molar-refractivity contribution >= 4 is 5.91 Å². The molecule has 1 amide bonds. The van der Waals surface area contributed by atoms with E-state index in [9.17, 15) is 15.0 Å². The standard InChI is InChI=1S/C22H29NO3/c1-5-6-7-10-17-13-18(24)19(16-11-8-9-15(4)12-16)21(25)20(17)22(26)23-14(2)3/h8-9,11-14,24-25H,5-7,10H2,1-4H3,(H,23,26). The fraction of sp³-hybridized carbons (Fsp3) is 0.409. The van der Waals surface area contributed by atoms with Crippen molar-refractivity contribution in [2.45, 2.75) is 59.4 Å². The average Bonchev–Trinajstić information content (AvgIpc) is 2.54. The molecule has 2 rings (SSSR count). The van der Waals surface area contributed by atoms with Crippen molar-refractivity contribution in [3.63, 3.8) is 0 Å². The number of aromatic hydroxyl groups is 2. The number of benzene rings is 2. The zero-order valence-electron chi connectivity index (χ0n) is 16.1. The predicted octanol–water partition coefficient (Wildman–Crippen LogP) is 4.94. The highest BCUT2D eigenvalue weighted by molar-refractivity contribution is 6.02. The Morgan fingerprint density at radius 2 is 1.88 bits per heavy atom. The van der Waals surface area contributed by atoms with Crippen molar-refractivity contribution in [3.05, 3.63) is 47.0 Å². The van der Waals surface area contributed by atoms with E-state index in [0.29, 0.717) is 23.1 Å². The van der Waals surface area contributed by atoms with Gasteiger partial charge in [-0.25, -0.2) is 0 Å². The average molecular weight is 355 g/mol. The van der Waals surface area contributed by atoms with E-state index in [4.69, 9.17) is 0 Å². The molecule has 3 N–H and O–H groups in total. The number of hydrogen-bond donors (Lipinski definition) is 3. The van der Waals surface area contributed by atoms with Crippen LogP contribution in [0, 0.1) is 6.92 Å². The lowest BCUT2D eigenvalue weighted by Gasteiger charge is -2.18. The van der Waals surface area contributed by atoms with Gasteiger partial charge in [0, 0.05) is 6.04 Å². The number of nitrogens with one attached hydrogen (secondary N) is 1. The molecule has 0 saturated heterocycles. The Morgan fingerprint density at radius 3 is 2.50 bits per heavy atom. The van der Waals surface area contributed by atoms with Gasteiger partial charge in [0.15, 0.2) is 0 Å². The molecule has 0 spiro atoms. The predicted molar refractivity (Wildman–Crippen MR) is 106 cm³/mol. The lowest BCUT2D eigenvalue weighted by molar-refractivity contribution is 0.0939. The van der Waals surface area contributed by atoms with Crippen molar-refractivity contribution in [2.24, 2.45) is 0 Å². The van der Waals surface area contributed by atoms with E-state index in [1.54, 1.807) is 6.07 Å². The molecule has 0 heterocycles. The largest absolute Gasteiger partial charge is 0.507 e. The van der Waals surface area contributed by atoms with Gasteiger partial charge in [-0.05, 0) is 50.8 Å². The number of amides is 1. The van der Waals surface area contributed by atoms with Crippen LogP contribution in [0.3, 0.4) is 0 Å². The van der Waals surface area contributed by atoms with Crippen LogP contribution in [-0.4, -0.2) is 22.2 Å². The molecule has 140 valence electrons. The smallest absolute Gasteiger partial charge is 0.255 e. The minimum Gasteiger partial charge on any atom is -0.507 e. The van der Waals surface area contributed by atoms with E-state index in [1.165, 1.54) is 0 Å². The molecular weight excluding hydrogens is 326 g/mol. The quantitative estimate of drug-likeness (QED) is 0.616. The summed E-state index contributed by atoms with van der Waals surface area (Å²) in [6.07, 6.45) is 3.64. The molecule has 0 aliphatic rings. The number of carbonyl (C=O) groups excluding carboxylic acids is 1. The van der Waals surface area contributed by atoms with Crippen LogP contribution >= 0.6 is 0 Å². The minimum absolute atomic E-state index is 0.000644. The van der Waals surface area contributed by atoms with E-state index < -0.39 is 0 Å². The second-order valence-electron chi connectivity index (χ2n) is 7.11. The first-order chi connectivity index (χ1) is 12.3. The second kappa shape index (κ2) is 8.75. The lowest BCUT2D eigenvalue weighted by Crippen LogP contribution is -2.31. The van der Waals surface area contributed by atoms with Crippen LogP contribution in [0.15, 0.2) is 30.3 Å². The maximum atomic E-state index is 12.7. The first kappa shape index (κ1) is 19.8. The molecule has 0 saturated carbocycles. The molecule has 0 bridgehead atoms. The van der Waals surface area contributed by atoms with Crippen molar-refractivity contribution < 1.29 is 15.0 Å². The lowest BCUT2D eigenvalue weighted by atomic mass is 9.92. The Kier molecular flexibility index (Phi) is 6.67. The number of hydrogen-bond acceptors (Lipinski definition) is 3. The van der Waals surface area contributed by atoms with Crippen molar-refractivity contribution in [1.82, 2.24) is 5.32 Å². The molecule has 4 heteroatoms. The maximum Gasteiger partial charge on any atom is 0.255 e. The molecular formula is C22H29NO3. The van der Waals surface area contributed by atoms with Crippen LogP contribution in [0.25, 0.3) is 11.1 Å². The van der Waals surface area contributed by atoms with E-state index in [2.05, 4.69) is 12.2 Å². The Balaban J connectivity index is 2.59. The normalized spacial score (nSPS) is 11.0. The van der Waals surface area contributed by atoms with Gasteiger partial charge in [-0.3, -0.25) is 4.79 Å². The summed E-state index contributed by atoms with van der Waals surface area (Å²) in [5.74, 6) is -0.459. The number of aryl methyl sites for hydroxylation is 2. The number of carbonyl (C=O) groups is 1. The number of phenolic OH excluding ortho intramolecular Hbond substituents is 2. The first-order valence-electron chi connectivity index (χ1n) is 9.30. The van der Waals surface area contributed by atoms with Crippen LogP contribution in [0.1, 0.15) is 61.5 Å². The fourth-order valence-corrected chi connectivity index (χ4v) is 3.14. The van der Waals surface area contributed by atoms with Crippen LogP contribution < -0.4 is 5.32 Å². The maximum absolute atomic E-state index is 12.7. The van der Waals surface area contributed by atoms with Crippen LogP contribution in [-0.2, 0) is 6.42 Å². The molecule has 4 nitrogen and oxygen atoms in total. The summed E-state index contributed by atoms with van der Waals surface area (Å²) >= 11 is 0. The van der Waals surface area contributed by atoms with Gasteiger partial charge < -0.3 is 15.5 Å². The Morgan fingerprint density at radius 1 is 1.15 bits per heavy atom. The van der Waals surface area contributed by atoms with Crippen LogP contribution in [0.5, 0.6) is 11.5 Å². The van der Waals surface area contributed by atoms with Gasteiger partial charge in [0.25, 0.3) is 5.91 Å². The minimum atomic E-state index is -0.307. The molecule has 0 aromatic heterocycles. The molecule has 26 heavy (non-hydrogen) atoms. The van der Waals surface area contributed by atoms with E-state index >= 15 is 0 Å². The van der Waals surface area contributed by atoms with Gasteiger partial charge in [0.2, 0.25) is 0 Å². The summed E-state index contributed by atoms with van der Waals surface area (Å²) < 4.78 is 0. The third kappa shape index (κ3) is 4.57. The van der Waals surface area contributed by atoms with E-state index in [1.807, 2.05) is 45.0 Å². The molecule has 0 fully saturated rings. The van der Waals surface area contributed by atoms with Crippen LogP contribution in [0.2, 0.25) is 0 Å². The Labute approximate surface area is 155 Å². The van der Waals surface area contributed by atoms with Crippen molar-refractivity contribution in [3.8, 4) is 22.6 Å². The molecule has 2 aromatic rings. The molecule has 0 radical (unpaired) electrons. The Hall–Kier alpha value is -2.49. The number of rotatable bonds is 7. The molecule has 2 aromatic carbocycles. The summed E-state index contributed by atoms with van der Waals surface area (Å²) in [6, 6.07) is 9.11. The van der Waals surface area contributed by atoms with Gasteiger partial charge >= 0.3 is 0 Å². The fourth-order valence-electron chi connectivity index (χ4n) is 3.14. The third-order valence-electron chi connectivity index (χ3n) is 4.37. The monoisotopic (exact) mass is 355 g/mol. The number of phenols is 2. The first-order valence-corrected chi connectivity index (χ1v) is 9.30. The number of unbranched alkanes of at least 4 members (excludes halogenated alkanes) is 2. The van der Waals surface area contributed by atoms with Crippen LogP contribution in [0.4, 0.5) is 0 Å². The highest BCUT2D eigenvalue weighted by Gasteiger charge is 2.23. The molecule has 0 unspecified atom stereocenters. The zero-order chi connectivity index (χ0) is 19.3. The van der Waals surface area contributed by atoms with E-state index in [-0.39, 0.29) is 29.0 Å². The van der Waals surface area contributed by atoms with Gasteiger partial charge in [-0.15, -0.1) is 0 Å². The highest BCUT2D eigenvalue weighted by Crippen LogP contribution is 2.42. The Bertz CT molecular complexity index is 781. The van der Waals surface area contributed by atoms with Crippen molar-refractivity contribution in [2.75, 3.05) is 0 Å². The molecule has 0 aliphatic heterocycles. The van der Waals surface area contributed by atoms with Gasteiger partial charge in [0.1, 0.15) is 11.5 Å². The summed E-state index contributed by atoms with van der Waals surface area (Å²) in [5.41, 5.74) is 2.97. The summed E-state index contributed by atoms with van der Waals surface area (Å²) in [4.78, 5) is 12.7. The van der Waals surface area contributed by atoms with Gasteiger partial charge in [0.05, 0.1) is 11.1 Å². The topological polar surface area (TPSA) is 69.6 Å².